The van der Waals surface area contributed by atoms with Gasteiger partial charge < -0.3 is 9.84 Å². The quantitative estimate of drug-likeness (QED) is 0.744. The number of halogens is 2. The molecule has 0 heterocycles. The van der Waals surface area contributed by atoms with Crippen molar-refractivity contribution in [2.75, 3.05) is 0 Å². The smallest absolute Gasteiger partial charge is 0.339 e. The molecule has 0 radical (unpaired) electrons. The molecule has 0 saturated heterocycles. The molecule has 0 aromatic heterocycles. The SMILES string of the molecule is O=C(O)c1cc(Br)ccc1Oc1ccccc1I. The number of carboxylic acid groups (broad SMARTS) is 1. The van der Waals surface area contributed by atoms with Crippen LogP contribution in [0.4, 0.5) is 0 Å². The van der Waals surface area contributed by atoms with Gasteiger partial charge in [-0.05, 0) is 52.9 Å². The van der Waals surface area contributed by atoms with Gasteiger partial charge in [0.2, 0.25) is 0 Å². The van der Waals surface area contributed by atoms with Gasteiger partial charge in [-0.1, -0.05) is 28.1 Å². The third-order valence-electron chi connectivity index (χ3n) is 2.23. The zero-order valence-electron chi connectivity index (χ0n) is 9.06. The molecular weight excluding hydrogens is 411 g/mol. The molecule has 3 nitrogen and oxygen atoms in total. The Bertz CT molecular complexity index is 599. The topological polar surface area (TPSA) is 46.5 Å². The fourth-order valence-electron chi connectivity index (χ4n) is 1.40. The van der Waals surface area contributed by atoms with Crippen LogP contribution in [0.25, 0.3) is 0 Å². The second-order valence-corrected chi connectivity index (χ2v) is 5.56. The van der Waals surface area contributed by atoms with Crippen LogP contribution >= 0.6 is 38.5 Å². The minimum absolute atomic E-state index is 0.129. The first-order valence-electron chi connectivity index (χ1n) is 5.03. The van der Waals surface area contributed by atoms with Crippen molar-refractivity contribution in [2.24, 2.45) is 0 Å². The summed E-state index contributed by atoms with van der Waals surface area (Å²) in [5.74, 6) is -0.0463. The van der Waals surface area contributed by atoms with Crippen LogP contribution < -0.4 is 4.74 Å². The number of ether oxygens (including phenoxy) is 1. The molecule has 0 saturated carbocycles. The summed E-state index contributed by atoms with van der Waals surface area (Å²) in [6, 6.07) is 12.3. The van der Waals surface area contributed by atoms with Crippen molar-refractivity contribution < 1.29 is 14.6 Å². The van der Waals surface area contributed by atoms with E-state index in [1.165, 1.54) is 6.07 Å². The van der Waals surface area contributed by atoms with Gasteiger partial charge >= 0.3 is 5.97 Å². The average Bonchev–Trinajstić information content (AvgIpc) is 2.34. The molecule has 0 bridgehead atoms. The number of hydrogen-bond acceptors (Lipinski definition) is 2. The summed E-state index contributed by atoms with van der Waals surface area (Å²) in [6.07, 6.45) is 0. The van der Waals surface area contributed by atoms with E-state index in [2.05, 4.69) is 38.5 Å². The number of benzene rings is 2. The first-order chi connectivity index (χ1) is 8.58. The van der Waals surface area contributed by atoms with Gasteiger partial charge in [-0.2, -0.15) is 0 Å². The Morgan fingerprint density at radius 3 is 2.56 bits per heavy atom. The molecule has 0 aliphatic heterocycles. The molecule has 0 atom stereocenters. The van der Waals surface area contributed by atoms with Crippen molar-refractivity contribution in [3.63, 3.8) is 0 Å². The van der Waals surface area contributed by atoms with E-state index in [1.54, 1.807) is 18.2 Å². The zero-order chi connectivity index (χ0) is 13.1. The summed E-state index contributed by atoms with van der Waals surface area (Å²) in [5, 5.41) is 9.13. The lowest BCUT2D eigenvalue weighted by molar-refractivity contribution is 0.0694. The molecule has 5 heteroatoms. The zero-order valence-corrected chi connectivity index (χ0v) is 12.8. The van der Waals surface area contributed by atoms with E-state index >= 15 is 0 Å². The van der Waals surface area contributed by atoms with Crippen LogP contribution in [-0.4, -0.2) is 11.1 Å². The molecule has 1 N–H and O–H groups in total. The summed E-state index contributed by atoms with van der Waals surface area (Å²) in [6.45, 7) is 0. The normalized spacial score (nSPS) is 10.1. The molecular formula is C13H8BrIO3. The molecule has 0 aliphatic rings. The molecule has 0 spiro atoms. The minimum Gasteiger partial charge on any atom is -0.478 e. The van der Waals surface area contributed by atoms with Crippen LogP contribution in [0.5, 0.6) is 11.5 Å². The predicted molar refractivity (Wildman–Crippen MR) is 80.3 cm³/mol. The van der Waals surface area contributed by atoms with Crippen LogP contribution in [0.1, 0.15) is 10.4 Å². The summed E-state index contributed by atoms with van der Waals surface area (Å²) >= 11 is 5.39. The summed E-state index contributed by atoms with van der Waals surface area (Å²) in [4.78, 5) is 11.1. The van der Waals surface area contributed by atoms with Crippen molar-refractivity contribution >= 4 is 44.5 Å². The molecule has 0 unspecified atom stereocenters. The average molecular weight is 419 g/mol. The maximum atomic E-state index is 11.1. The Morgan fingerprint density at radius 1 is 1.17 bits per heavy atom. The first-order valence-corrected chi connectivity index (χ1v) is 6.90. The number of hydrogen-bond donors (Lipinski definition) is 1. The van der Waals surface area contributed by atoms with Crippen LogP contribution in [0.2, 0.25) is 0 Å². The molecule has 92 valence electrons. The van der Waals surface area contributed by atoms with Gasteiger partial charge in [-0.25, -0.2) is 4.79 Å². The highest BCUT2D eigenvalue weighted by Gasteiger charge is 2.13. The number of para-hydroxylation sites is 1. The molecule has 0 fully saturated rings. The highest BCUT2D eigenvalue weighted by molar-refractivity contribution is 14.1. The minimum atomic E-state index is -1.02. The van der Waals surface area contributed by atoms with Gasteiger partial charge in [0.15, 0.2) is 0 Å². The number of carbonyl (C=O) groups is 1. The first kappa shape index (κ1) is 13.4. The number of carboxylic acids is 1. The van der Waals surface area contributed by atoms with Crippen LogP contribution in [-0.2, 0) is 0 Å². The Hall–Kier alpha value is -1.08. The molecule has 2 rings (SSSR count). The fourth-order valence-corrected chi connectivity index (χ4v) is 2.26. The molecule has 2 aromatic carbocycles. The lowest BCUT2D eigenvalue weighted by Crippen LogP contribution is -2.00. The predicted octanol–water partition coefficient (Wildman–Crippen LogP) is 4.54. The van der Waals surface area contributed by atoms with Gasteiger partial charge in [0, 0.05) is 4.47 Å². The van der Waals surface area contributed by atoms with E-state index in [1.807, 2.05) is 18.2 Å². The molecule has 0 amide bonds. The molecule has 18 heavy (non-hydrogen) atoms. The van der Waals surface area contributed by atoms with Gasteiger partial charge in [-0.3, -0.25) is 0 Å². The maximum absolute atomic E-state index is 11.1. The fraction of sp³-hybridized carbons (Fsp3) is 0. The Labute approximate surface area is 126 Å². The van der Waals surface area contributed by atoms with E-state index in [0.29, 0.717) is 16.0 Å². The summed E-state index contributed by atoms with van der Waals surface area (Å²) < 4.78 is 7.28. The highest BCUT2D eigenvalue weighted by Crippen LogP contribution is 2.30. The van der Waals surface area contributed by atoms with Crippen molar-refractivity contribution in [3.05, 3.63) is 56.1 Å². The number of aromatic carboxylic acids is 1. The highest BCUT2D eigenvalue weighted by atomic mass is 127. The summed E-state index contributed by atoms with van der Waals surface area (Å²) in [5.41, 5.74) is 0.129. The van der Waals surface area contributed by atoms with E-state index in [0.717, 1.165) is 3.57 Å². The second-order valence-electron chi connectivity index (χ2n) is 3.48. The lowest BCUT2D eigenvalue weighted by atomic mass is 10.2. The maximum Gasteiger partial charge on any atom is 0.339 e. The van der Waals surface area contributed by atoms with Crippen molar-refractivity contribution in [1.29, 1.82) is 0 Å². The van der Waals surface area contributed by atoms with Crippen LogP contribution in [0.3, 0.4) is 0 Å². The Kier molecular flexibility index (Phi) is 4.23. The van der Waals surface area contributed by atoms with E-state index in [4.69, 9.17) is 9.84 Å². The summed E-state index contributed by atoms with van der Waals surface area (Å²) in [7, 11) is 0. The van der Waals surface area contributed by atoms with Crippen molar-refractivity contribution in [3.8, 4) is 11.5 Å². The van der Waals surface area contributed by atoms with Gasteiger partial charge in [0.1, 0.15) is 17.1 Å². The lowest BCUT2D eigenvalue weighted by Gasteiger charge is -2.10. The third kappa shape index (κ3) is 3.02. The molecule has 2 aromatic rings. The van der Waals surface area contributed by atoms with Crippen LogP contribution in [0.15, 0.2) is 46.9 Å². The Balaban J connectivity index is 2.41. The monoisotopic (exact) mass is 418 g/mol. The Morgan fingerprint density at radius 2 is 1.89 bits per heavy atom. The van der Waals surface area contributed by atoms with Crippen molar-refractivity contribution in [2.45, 2.75) is 0 Å². The van der Waals surface area contributed by atoms with E-state index < -0.39 is 5.97 Å². The van der Waals surface area contributed by atoms with E-state index in [-0.39, 0.29) is 5.56 Å². The van der Waals surface area contributed by atoms with Gasteiger partial charge in [0.25, 0.3) is 0 Å². The number of rotatable bonds is 3. The van der Waals surface area contributed by atoms with E-state index in [9.17, 15) is 4.79 Å². The third-order valence-corrected chi connectivity index (χ3v) is 3.61. The standard InChI is InChI=1S/C13H8BrIO3/c14-8-5-6-11(9(7-8)13(16)17)18-12-4-2-1-3-10(12)15/h1-7H,(H,16,17). The van der Waals surface area contributed by atoms with Gasteiger partial charge in [-0.15, -0.1) is 0 Å². The van der Waals surface area contributed by atoms with Crippen molar-refractivity contribution in [1.82, 2.24) is 0 Å². The van der Waals surface area contributed by atoms with Crippen LogP contribution in [0, 0.1) is 3.57 Å². The molecule has 0 aliphatic carbocycles. The largest absolute Gasteiger partial charge is 0.478 e. The second kappa shape index (κ2) is 5.71. The van der Waals surface area contributed by atoms with Gasteiger partial charge in [0.05, 0.1) is 3.57 Å².